The molecule has 0 spiro atoms. The Morgan fingerprint density at radius 3 is 2.94 bits per heavy atom. The molecular weight excluding hydrogens is 218 g/mol. The van der Waals surface area contributed by atoms with Gasteiger partial charge in [-0.25, -0.2) is 0 Å². The molecule has 1 aromatic heterocycles. The Hall–Kier alpha value is -1.94. The molecule has 0 atom stereocenters. The molecule has 0 unspecified atom stereocenters. The van der Waals surface area contributed by atoms with E-state index < -0.39 is 0 Å². The summed E-state index contributed by atoms with van der Waals surface area (Å²) in [6.07, 6.45) is 1.87. The first-order chi connectivity index (χ1) is 8.31. The number of para-hydroxylation sites is 1. The van der Waals surface area contributed by atoms with E-state index in [1.807, 2.05) is 30.3 Å². The highest BCUT2D eigenvalue weighted by molar-refractivity contribution is 5.85. The number of esters is 1. The minimum atomic E-state index is -0.350. The lowest BCUT2D eigenvalue weighted by Crippen LogP contribution is -2.11. The lowest BCUT2D eigenvalue weighted by Gasteiger charge is -2.05. The van der Waals surface area contributed by atoms with Crippen LogP contribution in [-0.4, -0.2) is 29.3 Å². The molecule has 0 amide bonds. The number of ether oxygens (including phenoxy) is 1. The van der Waals surface area contributed by atoms with Crippen molar-refractivity contribution in [2.75, 3.05) is 13.2 Å². The van der Waals surface area contributed by atoms with Crippen LogP contribution in [0.1, 0.15) is 5.56 Å². The van der Waals surface area contributed by atoms with Crippen LogP contribution in [0, 0.1) is 0 Å². The number of hydrogen-bond acceptors (Lipinski definition) is 4. The SMILES string of the molecule is O=C(Cc1cccc2cccnc12)OCCO. The Kier molecular flexibility index (Phi) is 3.67. The number of carbonyl (C=O) groups is 1. The zero-order chi connectivity index (χ0) is 12.1. The zero-order valence-electron chi connectivity index (χ0n) is 9.30. The number of hydrogen-bond donors (Lipinski definition) is 1. The Morgan fingerprint density at radius 1 is 1.29 bits per heavy atom. The summed E-state index contributed by atoms with van der Waals surface area (Å²) in [5, 5.41) is 9.56. The summed E-state index contributed by atoms with van der Waals surface area (Å²) >= 11 is 0. The number of carbonyl (C=O) groups excluding carboxylic acids is 1. The average molecular weight is 231 g/mol. The summed E-state index contributed by atoms with van der Waals surface area (Å²) in [6.45, 7) is -0.115. The van der Waals surface area contributed by atoms with Crippen LogP contribution in [0.5, 0.6) is 0 Å². The van der Waals surface area contributed by atoms with Gasteiger partial charge in [0, 0.05) is 11.6 Å². The van der Waals surface area contributed by atoms with E-state index in [0.717, 1.165) is 16.5 Å². The van der Waals surface area contributed by atoms with E-state index in [2.05, 4.69) is 4.98 Å². The summed E-state index contributed by atoms with van der Waals surface area (Å²) < 4.78 is 4.83. The maximum absolute atomic E-state index is 11.5. The molecule has 0 aliphatic heterocycles. The number of rotatable bonds is 4. The number of benzene rings is 1. The topological polar surface area (TPSA) is 59.4 Å². The van der Waals surface area contributed by atoms with Gasteiger partial charge in [-0.1, -0.05) is 24.3 Å². The fraction of sp³-hybridized carbons (Fsp3) is 0.231. The Morgan fingerprint density at radius 2 is 2.12 bits per heavy atom. The molecule has 4 nitrogen and oxygen atoms in total. The first-order valence-electron chi connectivity index (χ1n) is 5.40. The summed E-state index contributed by atoms with van der Waals surface area (Å²) in [6, 6.07) is 9.50. The van der Waals surface area contributed by atoms with E-state index in [9.17, 15) is 4.79 Å². The van der Waals surface area contributed by atoms with Gasteiger partial charge in [-0.2, -0.15) is 0 Å². The molecule has 0 aliphatic rings. The van der Waals surface area contributed by atoms with Crippen LogP contribution in [0.15, 0.2) is 36.5 Å². The van der Waals surface area contributed by atoms with Gasteiger partial charge in [0.15, 0.2) is 0 Å². The fourth-order valence-corrected chi connectivity index (χ4v) is 1.68. The van der Waals surface area contributed by atoms with Gasteiger partial charge in [-0.05, 0) is 11.6 Å². The van der Waals surface area contributed by atoms with Crippen molar-refractivity contribution in [2.24, 2.45) is 0 Å². The van der Waals surface area contributed by atoms with Gasteiger partial charge in [-0.15, -0.1) is 0 Å². The van der Waals surface area contributed by atoms with Crippen molar-refractivity contribution in [1.82, 2.24) is 4.98 Å². The van der Waals surface area contributed by atoms with Gasteiger partial charge in [0.1, 0.15) is 6.61 Å². The Balaban J connectivity index is 2.21. The molecule has 2 aromatic rings. The lowest BCUT2D eigenvalue weighted by molar-refractivity contribution is -0.143. The molecule has 2 rings (SSSR count). The lowest BCUT2D eigenvalue weighted by atomic mass is 10.1. The predicted molar refractivity (Wildman–Crippen MR) is 63.5 cm³/mol. The monoisotopic (exact) mass is 231 g/mol. The van der Waals surface area contributed by atoms with Gasteiger partial charge in [0.05, 0.1) is 18.5 Å². The minimum Gasteiger partial charge on any atom is -0.463 e. The number of aromatic nitrogens is 1. The van der Waals surface area contributed by atoms with Crippen LogP contribution in [0.4, 0.5) is 0 Å². The van der Waals surface area contributed by atoms with Crippen LogP contribution in [0.25, 0.3) is 10.9 Å². The summed E-state index contributed by atoms with van der Waals surface area (Å²) in [7, 11) is 0. The molecule has 0 aliphatic carbocycles. The zero-order valence-corrected chi connectivity index (χ0v) is 9.30. The highest BCUT2D eigenvalue weighted by atomic mass is 16.5. The van der Waals surface area contributed by atoms with Crippen LogP contribution in [0.2, 0.25) is 0 Å². The van der Waals surface area contributed by atoms with E-state index in [-0.39, 0.29) is 25.6 Å². The molecule has 0 fully saturated rings. The van der Waals surface area contributed by atoms with Crippen molar-refractivity contribution < 1.29 is 14.6 Å². The minimum absolute atomic E-state index is 0.0387. The molecule has 1 aromatic carbocycles. The second kappa shape index (κ2) is 5.41. The first kappa shape index (κ1) is 11.5. The Labute approximate surface area is 98.9 Å². The number of aliphatic hydroxyl groups excluding tert-OH is 1. The van der Waals surface area contributed by atoms with E-state index in [4.69, 9.17) is 9.84 Å². The van der Waals surface area contributed by atoms with Gasteiger partial charge in [-0.3, -0.25) is 9.78 Å². The molecule has 17 heavy (non-hydrogen) atoms. The van der Waals surface area contributed by atoms with Crippen LogP contribution in [-0.2, 0) is 16.0 Å². The number of fused-ring (bicyclic) bond motifs is 1. The highest BCUT2D eigenvalue weighted by Crippen LogP contribution is 2.16. The van der Waals surface area contributed by atoms with Crippen LogP contribution < -0.4 is 0 Å². The molecule has 1 N–H and O–H groups in total. The van der Waals surface area contributed by atoms with E-state index >= 15 is 0 Å². The molecular formula is C13H13NO3. The van der Waals surface area contributed by atoms with Crippen LogP contribution >= 0.6 is 0 Å². The van der Waals surface area contributed by atoms with E-state index in [0.29, 0.717) is 0 Å². The number of pyridine rings is 1. The molecule has 88 valence electrons. The quantitative estimate of drug-likeness (QED) is 0.806. The molecule has 1 heterocycles. The summed E-state index contributed by atoms with van der Waals surface area (Å²) in [5.74, 6) is -0.350. The predicted octanol–water partition coefficient (Wildman–Crippen LogP) is 1.31. The largest absolute Gasteiger partial charge is 0.463 e. The molecule has 4 heteroatoms. The number of nitrogens with zero attached hydrogens (tertiary/aromatic N) is 1. The summed E-state index contributed by atoms with van der Waals surface area (Å²) in [4.78, 5) is 15.7. The molecule has 0 saturated heterocycles. The third kappa shape index (κ3) is 2.79. The third-order valence-corrected chi connectivity index (χ3v) is 2.41. The van der Waals surface area contributed by atoms with Crippen molar-refractivity contribution in [3.63, 3.8) is 0 Å². The fourth-order valence-electron chi connectivity index (χ4n) is 1.68. The van der Waals surface area contributed by atoms with Gasteiger partial charge < -0.3 is 9.84 Å². The molecule has 0 saturated carbocycles. The highest BCUT2D eigenvalue weighted by Gasteiger charge is 2.08. The van der Waals surface area contributed by atoms with Gasteiger partial charge in [0.2, 0.25) is 0 Å². The van der Waals surface area contributed by atoms with E-state index in [1.165, 1.54) is 0 Å². The molecule has 0 radical (unpaired) electrons. The van der Waals surface area contributed by atoms with Crippen LogP contribution in [0.3, 0.4) is 0 Å². The normalized spacial score (nSPS) is 10.4. The van der Waals surface area contributed by atoms with E-state index in [1.54, 1.807) is 6.20 Å². The smallest absolute Gasteiger partial charge is 0.310 e. The van der Waals surface area contributed by atoms with Gasteiger partial charge in [0.25, 0.3) is 0 Å². The van der Waals surface area contributed by atoms with Crippen molar-refractivity contribution in [3.05, 3.63) is 42.1 Å². The average Bonchev–Trinajstić information content (AvgIpc) is 2.37. The van der Waals surface area contributed by atoms with Crippen molar-refractivity contribution in [1.29, 1.82) is 0 Å². The van der Waals surface area contributed by atoms with Crippen molar-refractivity contribution >= 4 is 16.9 Å². The maximum Gasteiger partial charge on any atom is 0.310 e. The van der Waals surface area contributed by atoms with Crippen molar-refractivity contribution in [3.8, 4) is 0 Å². The second-order valence-corrected chi connectivity index (χ2v) is 3.61. The summed E-state index contributed by atoms with van der Waals surface area (Å²) in [5.41, 5.74) is 1.65. The Bertz CT molecular complexity index is 520. The van der Waals surface area contributed by atoms with Gasteiger partial charge >= 0.3 is 5.97 Å². The maximum atomic E-state index is 11.5. The standard InChI is InChI=1S/C13H13NO3/c15-7-8-17-12(16)9-11-4-1-3-10-5-2-6-14-13(10)11/h1-6,15H,7-9H2. The third-order valence-electron chi connectivity index (χ3n) is 2.41. The number of aliphatic hydroxyl groups is 1. The first-order valence-corrected chi connectivity index (χ1v) is 5.40. The molecule has 0 bridgehead atoms. The van der Waals surface area contributed by atoms with Crippen molar-refractivity contribution in [2.45, 2.75) is 6.42 Å². The second-order valence-electron chi connectivity index (χ2n) is 3.61.